The molecule has 0 spiro atoms. The maximum atomic E-state index is 12.1. The predicted molar refractivity (Wildman–Crippen MR) is 72.3 cm³/mol. The monoisotopic (exact) mass is 283 g/mol. The first kappa shape index (κ1) is 16.0. The Balaban J connectivity index is 2.86. The van der Waals surface area contributed by atoms with E-state index in [9.17, 15) is 14.7 Å². The molecule has 0 aliphatic rings. The van der Waals surface area contributed by atoms with Crippen molar-refractivity contribution in [3.63, 3.8) is 0 Å². The van der Waals surface area contributed by atoms with Crippen LogP contribution in [0.2, 0.25) is 0 Å². The van der Waals surface area contributed by atoms with Crippen molar-refractivity contribution in [2.75, 3.05) is 6.54 Å². The van der Waals surface area contributed by atoms with Crippen LogP contribution in [0.4, 0.5) is 4.79 Å². The summed E-state index contributed by atoms with van der Waals surface area (Å²) in [6.07, 6.45) is 2.53. The smallest absolute Gasteiger partial charge is 0.411 e. The fraction of sp³-hybridized carbons (Fsp3) is 0.615. The number of carboxylic acids is 1. The first-order valence-electron chi connectivity index (χ1n) is 6.44. The Morgan fingerprint density at radius 3 is 2.55 bits per heavy atom. The molecule has 0 saturated carbocycles. The van der Waals surface area contributed by atoms with Gasteiger partial charge in [0, 0.05) is 24.9 Å². The number of rotatable bonds is 5. The van der Waals surface area contributed by atoms with Gasteiger partial charge in [-0.15, -0.1) is 0 Å². The Kier molecular flexibility index (Phi) is 5.12. The number of aromatic nitrogens is 2. The zero-order valence-electron chi connectivity index (χ0n) is 12.2. The fourth-order valence-corrected chi connectivity index (χ4v) is 1.73. The quantitative estimate of drug-likeness (QED) is 0.856. The highest BCUT2D eigenvalue weighted by Gasteiger charge is 2.32. The van der Waals surface area contributed by atoms with E-state index in [1.165, 1.54) is 11.2 Å². The molecule has 1 rings (SSSR count). The van der Waals surface area contributed by atoms with E-state index < -0.39 is 23.7 Å². The highest BCUT2D eigenvalue weighted by Crippen LogP contribution is 2.14. The number of carbonyl (C=O) groups excluding carboxylic acids is 1. The summed E-state index contributed by atoms with van der Waals surface area (Å²) in [7, 11) is 0. The van der Waals surface area contributed by atoms with Crippen LogP contribution in [0.5, 0.6) is 0 Å². The Bertz CT molecular complexity index is 451. The number of aliphatic carboxylic acids is 1. The first-order chi connectivity index (χ1) is 9.24. The van der Waals surface area contributed by atoms with Crippen LogP contribution in [0, 0.1) is 0 Å². The lowest BCUT2D eigenvalue weighted by atomic mass is 10.1. The molecule has 112 valence electrons. The van der Waals surface area contributed by atoms with Crippen LogP contribution in [0.25, 0.3) is 0 Å². The minimum absolute atomic E-state index is 0.155. The van der Waals surface area contributed by atoms with Crippen molar-refractivity contribution in [3.8, 4) is 0 Å². The van der Waals surface area contributed by atoms with Crippen LogP contribution in [0.3, 0.4) is 0 Å². The van der Waals surface area contributed by atoms with Gasteiger partial charge in [0.15, 0.2) is 0 Å². The number of hydrogen-bond acceptors (Lipinski definition) is 4. The highest BCUT2D eigenvalue weighted by atomic mass is 16.6. The average molecular weight is 283 g/mol. The summed E-state index contributed by atoms with van der Waals surface area (Å²) in [5.41, 5.74) is -0.0129. The van der Waals surface area contributed by atoms with E-state index in [1.54, 1.807) is 33.9 Å². The molecule has 7 nitrogen and oxygen atoms in total. The van der Waals surface area contributed by atoms with Crippen LogP contribution in [-0.2, 0) is 16.0 Å². The summed E-state index contributed by atoms with van der Waals surface area (Å²) in [6, 6.07) is -0.990. The topological polar surface area (TPSA) is 95.5 Å². The molecule has 0 saturated heterocycles. The minimum Gasteiger partial charge on any atom is -0.480 e. The maximum absolute atomic E-state index is 12.1. The standard InChI is InChI=1S/C13H21N3O4/c1-5-16(12(19)20-13(2,3)4)10(11(17)18)6-9-7-14-8-15-9/h7-8,10H,5-6H2,1-4H3,(H,14,15)(H,17,18)/t10-/m0/s1. The Hall–Kier alpha value is -2.05. The number of imidazole rings is 1. The molecule has 1 aromatic heterocycles. The van der Waals surface area contributed by atoms with Gasteiger partial charge in [0.05, 0.1) is 6.33 Å². The summed E-state index contributed by atoms with van der Waals surface area (Å²) in [6.45, 7) is 7.18. The van der Waals surface area contributed by atoms with Gasteiger partial charge in [-0.2, -0.15) is 0 Å². The number of amides is 1. The van der Waals surface area contributed by atoms with Crippen molar-refractivity contribution in [1.29, 1.82) is 0 Å². The summed E-state index contributed by atoms with van der Waals surface area (Å²) in [5.74, 6) is -1.08. The van der Waals surface area contributed by atoms with E-state index in [4.69, 9.17) is 4.74 Å². The van der Waals surface area contributed by atoms with Crippen molar-refractivity contribution in [3.05, 3.63) is 18.2 Å². The third-order valence-corrected chi connectivity index (χ3v) is 2.60. The Morgan fingerprint density at radius 1 is 1.50 bits per heavy atom. The fourth-order valence-electron chi connectivity index (χ4n) is 1.73. The van der Waals surface area contributed by atoms with Crippen molar-refractivity contribution >= 4 is 12.1 Å². The maximum Gasteiger partial charge on any atom is 0.411 e. The second-order valence-electron chi connectivity index (χ2n) is 5.40. The molecule has 1 heterocycles. The number of hydrogen-bond donors (Lipinski definition) is 2. The van der Waals surface area contributed by atoms with Gasteiger partial charge in [-0.25, -0.2) is 14.6 Å². The molecule has 1 aromatic rings. The van der Waals surface area contributed by atoms with Gasteiger partial charge >= 0.3 is 12.1 Å². The Morgan fingerprint density at radius 2 is 2.15 bits per heavy atom. The third kappa shape index (κ3) is 4.56. The highest BCUT2D eigenvalue weighted by molar-refractivity contribution is 5.80. The van der Waals surface area contributed by atoms with Gasteiger partial charge in [0.2, 0.25) is 0 Å². The number of H-pyrrole nitrogens is 1. The summed E-state index contributed by atoms with van der Waals surface area (Å²) in [5, 5.41) is 9.34. The molecule has 0 fully saturated rings. The van der Waals surface area contributed by atoms with E-state index in [2.05, 4.69) is 9.97 Å². The van der Waals surface area contributed by atoms with Crippen molar-refractivity contribution in [1.82, 2.24) is 14.9 Å². The molecule has 0 aliphatic heterocycles. The molecule has 0 radical (unpaired) electrons. The van der Waals surface area contributed by atoms with Crippen molar-refractivity contribution < 1.29 is 19.4 Å². The van der Waals surface area contributed by atoms with E-state index in [1.807, 2.05) is 0 Å². The summed E-state index contributed by atoms with van der Waals surface area (Å²) in [4.78, 5) is 31.4. The normalized spacial score (nSPS) is 12.8. The molecule has 1 amide bonds. The number of carbonyl (C=O) groups is 2. The lowest BCUT2D eigenvalue weighted by Crippen LogP contribution is -2.48. The van der Waals surface area contributed by atoms with Crippen LogP contribution in [-0.4, -0.2) is 50.2 Å². The number of carboxylic acid groups (broad SMARTS) is 1. The van der Waals surface area contributed by atoms with Gasteiger partial charge in [-0.3, -0.25) is 4.90 Å². The third-order valence-electron chi connectivity index (χ3n) is 2.60. The summed E-state index contributed by atoms with van der Waals surface area (Å²) < 4.78 is 5.24. The van der Waals surface area contributed by atoms with Gasteiger partial charge < -0.3 is 14.8 Å². The Labute approximate surface area is 118 Å². The van der Waals surface area contributed by atoms with Gasteiger partial charge in [0.1, 0.15) is 11.6 Å². The SMILES string of the molecule is CCN(C(=O)OC(C)(C)C)[C@@H](Cc1cnc[nH]1)C(=O)O. The lowest BCUT2D eigenvalue weighted by Gasteiger charge is -2.30. The van der Waals surface area contributed by atoms with Crippen LogP contribution >= 0.6 is 0 Å². The van der Waals surface area contributed by atoms with Crippen LogP contribution in [0.1, 0.15) is 33.4 Å². The van der Waals surface area contributed by atoms with Gasteiger partial charge in [0.25, 0.3) is 0 Å². The van der Waals surface area contributed by atoms with Gasteiger partial charge in [-0.1, -0.05) is 0 Å². The molecule has 0 aliphatic carbocycles. The number of nitrogens with one attached hydrogen (secondary N) is 1. The predicted octanol–water partition coefficient (Wildman–Crippen LogP) is 1.66. The lowest BCUT2D eigenvalue weighted by molar-refractivity contribution is -0.143. The second kappa shape index (κ2) is 6.40. The number of aromatic amines is 1. The molecule has 0 aromatic carbocycles. The summed E-state index contributed by atoms with van der Waals surface area (Å²) >= 11 is 0. The molecule has 1 atom stereocenters. The molecule has 20 heavy (non-hydrogen) atoms. The molecule has 7 heteroatoms. The first-order valence-corrected chi connectivity index (χ1v) is 6.44. The zero-order chi connectivity index (χ0) is 15.3. The number of likely N-dealkylation sites (N-methyl/N-ethyl adjacent to an activating group) is 1. The van der Waals surface area contributed by atoms with E-state index in [-0.39, 0.29) is 13.0 Å². The average Bonchev–Trinajstić information content (AvgIpc) is 2.78. The van der Waals surface area contributed by atoms with Crippen molar-refractivity contribution in [2.24, 2.45) is 0 Å². The molecule has 0 bridgehead atoms. The molecular weight excluding hydrogens is 262 g/mol. The number of nitrogens with zero attached hydrogens (tertiary/aromatic N) is 2. The van der Waals surface area contributed by atoms with E-state index >= 15 is 0 Å². The molecule has 2 N–H and O–H groups in total. The van der Waals surface area contributed by atoms with Crippen molar-refractivity contribution in [2.45, 2.75) is 45.8 Å². The molecule has 0 unspecified atom stereocenters. The van der Waals surface area contributed by atoms with E-state index in [0.717, 1.165) is 0 Å². The number of ether oxygens (including phenoxy) is 1. The molecular formula is C13H21N3O4. The minimum atomic E-state index is -1.08. The zero-order valence-corrected chi connectivity index (χ0v) is 12.2. The van der Waals surface area contributed by atoms with E-state index in [0.29, 0.717) is 5.69 Å². The van der Waals surface area contributed by atoms with Crippen LogP contribution in [0.15, 0.2) is 12.5 Å². The largest absolute Gasteiger partial charge is 0.480 e. The second-order valence-corrected chi connectivity index (χ2v) is 5.40. The van der Waals surface area contributed by atoms with Crippen LogP contribution < -0.4 is 0 Å². The van der Waals surface area contributed by atoms with Gasteiger partial charge in [-0.05, 0) is 27.7 Å².